The smallest absolute Gasteiger partial charge is 0.309 e. The minimum absolute atomic E-state index is 0.0843. The molecule has 3 unspecified atom stereocenters. The molecule has 0 spiro atoms. The van der Waals surface area contributed by atoms with Gasteiger partial charge >= 0.3 is 5.97 Å². The third kappa shape index (κ3) is 3.70. The van der Waals surface area contributed by atoms with Gasteiger partial charge in [-0.15, -0.1) is 0 Å². The summed E-state index contributed by atoms with van der Waals surface area (Å²) in [5, 5.41) is 3.18. The molecular formula is C13H24N2O3. The zero-order valence-electron chi connectivity index (χ0n) is 11.7. The van der Waals surface area contributed by atoms with Crippen LogP contribution in [-0.2, 0) is 14.3 Å². The number of carbonyl (C=O) groups is 2. The Balaban J connectivity index is 2.45. The summed E-state index contributed by atoms with van der Waals surface area (Å²) in [7, 11) is 1.38. The van der Waals surface area contributed by atoms with Crippen LogP contribution in [0.4, 0.5) is 0 Å². The van der Waals surface area contributed by atoms with Gasteiger partial charge in [0.15, 0.2) is 0 Å². The van der Waals surface area contributed by atoms with Crippen LogP contribution in [0.5, 0.6) is 0 Å². The van der Waals surface area contributed by atoms with Crippen LogP contribution in [0.1, 0.15) is 33.6 Å². The zero-order chi connectivity index (χ0) is 13.7. The van der Waals surface area contributed by atoms with Crippen molar-refractivity contribution in [3.8, 4) is 0 Å². The summed E-state index contributed by atoms with van der Waals surface area (Å²) < 4.78 is 4.70. The third-order valence-electron chi connectivity index (χ3n) is 3.62. The number of hydrogen-bond donors (Lipinski definition) is 1. The lowest BCUT2D eigenvalue weighted by molar-refractivity contribution is -0.146. The summed E-state index contributed by atoms with van der Waals surface area (Å²) in [6, 6.07) is -0.343. The molecule has 0 aromatic rings. The lowest BCUT2D eigenvalue weighted by atomic mass is 10.0. The van der Waals surface area contributed by atoms with Gasteiger partial charge in [0.25, 0.3) is 0 Å². The first kappa shape index (κ1) is 15.0. The van der Waals surface area contributed by atoms with Crippen molar-refractivity contribution in [2.24, 2.45) is 5.92 Å². The van der Waals surface area contributed by atoms with Crippen LogP contribution in [0.2, 0.25) is 0 Å². The summed E-state index contributed by atoms with van der Waals surface area (Å²) in [5.41, 5.74) is 0. The fourth-order valence-electron chi connectivity index (χ4n) is 2.21. The maximum absolute atomic E-state index is 12.1. The Labute approximate surface area is 109 Å². The number of esters is 1. The molecule has 104 valence electrons. The van der Waals surface area contributed by atoms with Gasteiger partial charge in [-0.25, -0.2) is 0 Å². The van der Waals surface area contributed by atoms with E-state index in [2.05, 4.69) is 5.32 Å². The van der Waals surface area contributed by atoms with Crippen molar-refractivity contribution < 1.29 is 14.3 Å². The second kappa shape index (κ2) is 6.73. The molecule has 5 heteroatoms. The van der Waals surface area contributed by atoms with E-state index in [1.807, 2.05) is 18.7 Å². The second-order valence-electron chi connectivity index (χ2n) is 5.02. The van der Waals surface area contributed by atoms with Crippen molar-refractivity contribution in [1.29, 1.82) is 0 Å². The van der Waals surface area contributed by atoms with Gasteiger partial charge in [0.1, 0.15) is 0 Å². The van der Waals surface area contributed by atoms with Crippen LogP contribution < -0.4 is 5.32 Å². The number of nitrogens with one attached hydrogen (secondary N) is 1. The van der Waals surface area contributed by atoms with Crippen molar-refractivity contribution in [2.45, 2.75) is 45.7 Å². The van der Waals surface area contributed by atoms with Gasteiger partial charge in [0, 0.05) is 19.1 Å². The molecule has 1 N–H and O–H groups in total. The van der Waals surface area contributed by atoms with Crippen LogP contribution in [0.25, 0.3) is 0 Å². The molecule has 0 radical (unpaired) electrons. The topological polar surface area (TPSA) is 58.6 Å². The molecule has 0 saturated carbocycles. The average Bonchev–Trinajstić information content (AvgIpc) is 2.89. The normalized spacial score (nSPS) is 20.3. The number of nitrogens with zero attached hydrogens (tertiary/aromatic N) is 1. The largest absolute Gasteiger partial charge is 0.469 e. The molecular weight excluding hydrogens is 232 g/mol. The summed E-state index contributed by atoms with van der Waals surface area (Å²) in [4.78, 5) is 25.4. The van der Waals surface area contributed by atoms with Crippen molar-refractivity contribution in [3.05, 3.63) is 0 Å². The van der Waals surface area contributed by atoms with Crippen molar-refractivity contribution >= 4 is 11.9 Å². The van der Waals surface area contributed by atoms with Gasteiger partial charge in [0.05, 0.1) is 19.1 Å². The number of likely N-dealkylation sites (tertiary alicyclic amines) is 1. The first-order valence-electron chi connectivity index (χ1n) is 6.60. The van der Waals surface area contributed by atoms with Crippen LogP contribution in [-0.4, -0.2) is 49.1 Å². The molecule has 1 fully saturated rings. The predicted octanol–water partition coefficient (Wildman–Crippen LogP) is 0.785. The van der Waals surface area contributed by atoms with Gasteiger partial charge in [-0.05, 0) is 26.7 Å². The van der Waals surface area contributed by atoms with E-state index in [-0.39, 0.29) is 29.9 Å². The Morgan fingerprint density at radius 3 is 2.22 bits per heavy atom. The average molecular weight is 256 g/mol. The monoisotopic (exact) mass is 256 g/mol. The lowest BCUT2D eigenvalue weighted by Gasteiger charge is -2.26. The van der Waals surface area contributed by atoms with E-state index in [1.165, 1.54) is 7.11 Å². The summed E-state index contributed by atoms with van der Waals surface area (Å²) >= 11 is 0. The molecule has 1 heterocycles. The Kier molecular flexibility index (Phi) is 5.59. The highest BCUT2D eigenvalue weighted by Crippen LogP contribution is 2.11. The van der Waals surface area contributed by atoms with Crippen LogP contribution in [0, 0.1) is 5.92 Å². The molecule has 1 rings (SSSR count). The molecule has 0 aromatic heterocycles. The number of hydrogen-bond acceptors (Lipinski definition) is 4. The first-order valence-corrected chi connectivity index (χ1v) is 6.60. The van der Waals surface area contributed by atoms with Crippen molar-refractivity contribution in [1.82, 2.24) is 10.2 Å². The van der Waals surface area contributed by atoms with Gasteiger partial charge < -0.3 is 15.0 Å². The molecule has 18 heavy (non-hydrogen) atoms. The van der Waals surface area contributed by atoms with E-state index in [0.717, 1.165) is 25.9 Å². The highest BCUT2D eigenvalue weighted by molar-refractivity contribution is 5.82. The van der Waals surface area contributed by atoms with Gasteiger partial charge in [-0.3, -0.25) is 9.59 Å². The first-order chi connectivity index (χ1) is 8.47. The van der Waals surface area contributed by atoms with Gasteiger partial charge in [-0.2, -0.15) is 0 Å². The fraction of sp³-hybridized carbons (Fsp3) is 0.846. The van der Waals surface area contributed by atoms with Crippen LogP contribution in [0.15, 0.2) is 0 Å². The highest BCUT2D eigenvalue weighted by atomic mass is 16.5. The number of rotatable bonds is 5. The number of amides is 1. The van der Waals surface area contributed by atoms with Crippen LogP contribution in [0.3, 0.4) is 0 Å². The highest BCUT2D eigenvalue weighted by Gasteiger charge is 2.27. The molecule has 1 amide bonds. The second-order valence-corrected chi connectivity index (χ2v) is 5.02. The number of methoxy groups -OCH3 is 1. The molecule has 0 aromatic carbocycles. The minimum atomic E-state index is -0.260. The number of carbonyl (C=O) groups excluding carboxylic acids is 2. The third-order valence-corrected chi connectivity index (χ3v) is 3.62. The SMILES string of the molecule is COC(=O)C(C)C(C)NC(C)C(=O)N1CCCC1. The Bertz CT molecular complexity index is 301. The molecule has 5 nitrogen and oxygen atoms in total. The van der Waals surface area contributed by atoms with E-state index in [1.54, 1.807) is 6.92 Å². The minimum Gasteiger partial charge on any atom is -0.469 e. The maximum Gasteiger partial charge on any atom is 0.309 e. The molecule has 0 bridgehead atoms. The molecule has 1 aliphatic rings. The van der Waals surface area contributed by atoms with E-state index in [0.29, 0.717) is 0 Å². The van der Waals surface area contributed by atoms with Gasteiger partial charge in [0.2, 0.25) is 5.91 Å². The lowest BCUT2D eigenvalue weighted by Crippen LogP contribution is -2.49. The van der Waals surface area contributed by atoms with E-state index >= 15 is 0 Å². The Hall–Kier alpha value is -1.10. The van der Waals surface area contributed by atoms with Crippen molar-refractivity contribution in [3.63, 3.8) is 0 Å². The standard InChI is InChI=1S/C13H24N2O3/c1-9(13(17)18-4)10(2)14-11(3)12(16)15-7-5-6-8-15/h9-11,14H,5-8H2,1-4H3. The fourth-order valence-corrected chi connectivity index (χ4v) is 2.21. The maximum atomic E-state index is 12.1. The molecule has 1 aliphatic heterocycles. The van der Waals surface area contributed by atoms with E-state index in [9.17, 15) is 9.59 Å². The zero-order valence-corrected chi connectivity index (χ0v) is 11.7. The predicted molar refractivity (Wildman–Crippen MR) is 69.1 cm³/mol. The van der Waals surface area contributed by atoms with E-state index in [4.69, 9.17) is 4.74 Å². The Morgan fingerprint density at radius 1 is 1.17 bits per heavy atom. The quantitative estimate of drug-likeness (QED) is 0.739. The summed E-state index contributed by atoms with van der Waals surface area (Å²) in [6.45, 7) is 7.25. The number of ether oxygens (including phenoxy) is 1. The van der Waals surface area contributed by atoms with Crippen molar-refractivity contribution in [2.75, 3.05) is 20.2 Å². The molecule has 1 saturated heterocycles. The molecule has 3 atom stereocenters. The summed E-state index contributed by atoms with van der Waals surface area (Å²) in [6.07, 6.45) is 2.18. The van der Waals surface area contributed by atoms with Crippen LogP contribution >= 0.6 is 0 Å². The van der Waals surface area contributed by atoms with Gasteiger partial charge in [-0.1, -0.05) is 6.92 Å². The van der Waals surface area contributed by atoms with E-state index < -0.39 is 0 Å². The summed E-state index contributed by atoms with van der Waals surface area (Å²) in [5.74, 6) is -0.393. The molecule has 0 aliphatic carbocycles. The Morgan fingerprint density at radius 2 is 1.72 bits per heavy atom.